The lowest BCUT2D eigenvalue weighted by atomic mass is 9.48. The van der Waals surface area contributed by atoms with E-state index < -0.39 is 0 Å². The highest BCUT2D eigenvalue weighted by Crippen LogP contribution is 2.64. The first-order chi connectivity index (χ1) is 13.8. The van der Waals surface area contributed by atoms with Crippen molar-refractivity contribution < 1.29 is 14.3 Å². The van der Waals surface area contributed by atoms with Crippen molar-refractivity contribution in [1.82, 2.24) is 0 Å². The number of ketones is 1. The van der Waals surface area contributed by atoms with E-state index in [9.17, 15) is 14.3 Å². The molecule has 6 atom stereocenters. The van der Waals surface area contributed by atoms with Crippen molar-refractivity contribution in [3.05, 3.63) is 52.9 Å². The third-order valence-corrected chi connectivity index (χ3v) is 8.93. The Morgan fingerprint density at radius 2 is 1.76 bits per heavy atom. The van der Waals surface area contributed by atoms with Gasteiger partial charge in [-0.05, 0) is 97.5 Å². The zero-order chi connectivity index (χ0) is 20.4. The van der Waals surface area contributed by atoms with Crippen LogP contribution in [0, 0.1) is 34.4 Å². The zero-order valence-corrected chi connectivity index (χ0v) is 17.5. The molecule has 5 rings (SSSR count). The highest BCUT2D eigenvalue weighted by molar-refractivity contribution is 6.05. The van der Waals surface area contributed by atoms with Gasteiger partial charge in [0, 0.05) is 5.41 Å². The van der Waals surface area contributed by atoms with Crippen LogP contribution in [0.15, 0.2) is 41.5 Å². The lowest BCUT2D eigenvalue weighted by Crippen LogP contribution is -2.50. The van der Waals surface area contributed by atoms with E-state index in [1.165, 1.54) is 17.7 Å². The molecule has 154 valence electrons. The highest BCUT2D eigenvalue weighted by atomic mass is 19.1. The summed E-state index contributed by atoms with van der Waals surface area (Å²) in [5.41, 5.74) is 3.22. The topological polar surface area (TPSA) is 37.3 Å². The second-order valence-electron chi connectivity index (χ2n) is 10.4. The van der Waals surface area contributed by atoms with E-state index in [1.807, 2.05) is 6.08 Å². The van der Waals surface area contributed by atoms with Crippen LogP contribution in [0.25, 0.3) is 6.08 Å². The molecule has 4 aliphatic carbocycles. The van der Waals surface area contributed by atoms with Gasteiger partial charge in [-0.1, -0.05) is 37.6 Å². The number of benzene rings is 1. The maximum atomic E-state index is 13.4. The molecule has 0 unspecified atom stereocenters. The molecule has 0 bridgehead atoms. The van der Waals surface area contributed by atoms with Gasteiger partial charge in [-0.15, -0.1) is 0 Å². The molecule has 0 aromatic heterocycles. The Balaban J connectivity index is 1.47. The first kappa shape index (κ1) is 19.2. The van der Waals surface area contributed by atoms with Crippen LogP contribution in [0.2, 0.25) is 0 Å². The molecule has 0 heterocycles. The van der Waals surface area contributed by atoms with Gasteiger partial charge in [0.15, 0.2) is 5.78 Å². The number of hydrogen-bond acceptors (Lipinski definition) is 2. The van der Waals surface area contributed by atoms with E-state index in [0.29, 0.717) is 23.5 Å². The number of Topliss-reactive ketones (excluding diaryl/α,β-unsaturated/α-hetero) is 1. The average Bonchev–Trinajstić information content (AvgIpc) is 2.95. The number of carbonyl (C=O) groups excluding carboxylic acids is 1. The predicted molar refractivity (Wildman–Crippen MR) is 112 cm³/mol. The number of hydrogen-bond donors (Lipinski definition) is 1. The Labute approximate surface area is 172 Å². The SMILES string of the molecule is C[C@]12CC[C@H]3[C@@H](CC=C4C[C@@H](O)CC[C@]43C)[C@H]1C/C(=C/c1ccc(F)cc1)C2=O. The fourth-order valence-electron chi connectivity index (χ4n) is 7.20. The van der Waals surface area contributed by atoms with Crippen LogP contribution in [-0.2, 0) is 4.79 Å². The highest BCUT2D eigenvalue weighted by Gasteiger charge is 2.59. The van der Waals surface area contributed by atoms with Crippen LogP contribution in [0.3, 0.4) is 0 Å². The van der Waals surface area contributed by atoms with Crippen molar-refractivity contribution >= 4 is 11.9 Å². The van der Waals surface area contributed by atoms with Gasteiger partial charge in [0.1, 0.15) is 5.82 Å². The van der Waals surface area contributed by atoms with E-state index in [-0.39, 0.29) is 22.8 Å². The van der Waals surface area contributed by atoms with E-state index >= 15 is 0 Å². The Kier molecular flexibility index (Phi) is 4.40. The van der Waals surface area contributed by atoms with Crippen LogP contribution >= 0.6 is 0 Å². The summed E-state index contributed by atoms with van der Waals surface area (Å²) in [4.78, 5) is 13.4. The van der Waals surface area contributed by atoms with Gasteiger partial charge in [0.2, 0.25) is 0 Å². The summed E-state index contributed by atoms with van der Waals surface area (Å²) in [7, 11) is 0. The summed E-state index contributed by atoms with van der Waals surface area (Å²) in [6.45, 7) is 4.60. The van der Waals surface area contributed by atoms with Crippen LogP contribution in [-0.4, -0.2) is 17.0 Å². The molecule has 0 amide bonds. The maximum Gasteiger partial charge on any atom is 0.165 e. The van der Waals surface area contributed by atoms with Crippen molar-refractivity contribution in [2.45, 2.75) is 64.9 Å². The van der Waals surface area contributed by atoms with Gasteiger partial charge in [0.05, 0.1) is 6.10 Å². The standard InChI is InChI=1S/C26H31FO2/c1-25-11-9-20(28)15-18(25)5-8-21-22(25)10-12-26(2)23(21)14-17(24(26)29)13-16-3-6-19(27)7-4-16/h3-7,13,20-23,28H,8-12,14-15H2,1-2H3/b17-13-/t20-,21+,22-,23+,25+,26-/m0/s1. The first-order valence-electron chi connectivity index (χ1n) is 11.2. The minimum absolute atomic E-state index is 0.182. The number of aliphatic hydroxyl groups excluding tert-OH is 1. The molecule has 1 aromatic rings. The third kappa shape index (κ3) is 2.88. The molecule has 2 nitrogen and oxygen atoms in total. The van der Waals surface area contributed by atoms with E-state index in [4.69, 9.17) is 0 Å². The molecule has 3 fully saturated rings. The Morgan fingerprint density at radius 1 is 1.03 bits per heavy atom. The van der Waals surface area contributed by atoms with Gasteiger partial charge in [-0.3, -0.25) is 4.79 Å². The quantitative estimate of drug-likeness (QED) is 0.489. The lowest BCUT2D eigenvalue weighted by molar-refractivity contribution is -0.130. The molecular formula is C26H31FO2. The molecule has 0 radical (unpaired) electrons. The van der Waals surface area contributed by atoms with E-state index in [1.54, 1.807) is 12.1 Å². The van der Waals surface area contributed by atoms with Gasteiger partial charge in [-0.25, -0.2) is 4.39 Å². The first-order valence-corrected chi connectivity index (χ1v) is 11.2. The van der Waals surface area contributed by atoms with Crippen molar-refractivity contribution in [2.24, 2.45) is 28.6 Å². The maximum absolute atomic E-state index is 13.4. The van der Waals surface area contributed by atoms with Crippen LogP contribution in [0.5, 0.6) is 0 Å². The van der Waals surface area contributed by atoms with Crippen molar-refractivity contribution in [2.75, 3.05) is 0 Å². The minimum Gasteiger partial charge on any atom is -0.393 e. The number of allylic oxidation sites excluding steroid dienone is 2. The fraction of sp³-hybridized carbons (Fsp3) is 0.577. The van der Waals surface area contributed by atoms with Crippen molar-refractivity contribution in [3.8, 4) is 0 Å². The molecule has 4 aliphatic rings. The normalized spacial score (nSPS) is 42.8. The van der Waals surface area contributed by atoms with Crippen LogP contribution < -0.4 is 0 Å². The lowest BCUT2D eigenvalue weighted by Gasteiger charge is -2.56. The average molecular weight is 395 g/mol. The molecule has 1 N–H and O–H groups in total. The molecule has 1 aromatic carbocycles. The second kappa shape index (κ2) is 6.63. The van der Waals surface area contributed by atoms with Crippen molar-refractivity contribution in [1.29, 1.82) is 0 Å². The van der Waals surface area contributed by atoms with E-state index in [2.05, 4.69) is 19.9 Å². The summed E-state index contributed by atoms with van der Waals surface area (Å²) in [6.07, 6.45) is 11.0. The number of carbonyl (C=O) groups is 1. The van der Waals surface area contributed by atoms with Gasteiger partial charge >= 0.3 is 0 Å². The minimum atomic E-state index is -0.261. The van der Waals surface area contributed by atoms with Gasteiger partial charge in [-0.2, -0.15) is 0 Å². The molecule has 3 heteroatoms. The second-order valence-corrected chi connectivity index (χ2v) is 10.4. The monoisotopic (exact) mass is 394 g/mol. The smallest absolute Gasteiger partial charge is 0.165 e. The number of halogens is 1. The van der Waals surface area contributed by atoms with Crippen LogP contribution in [0.4, 0.5) is 4.39 Å². The number of rotatable bonds is 1. The Bertz CT molecular complexity index is 898. The summed E-state index contributed by atoms with van der Waals surface area (Å²) < 4.78 is 13.3. The molecule has 0 aliphatic heterocycles. The van der Waals surface area contributed by atoms with Crippen LogP contribution in [0.1, 0.15) is 64.4 Å². The van der Waals surface area contributed by atoms with Gasteiger partial charge < -0.3 is 5.11 Å². The zero-order valence-electron chi connectivity index (χ0n) is 17.5. The van der Waals surface area contributed by atoms with Crippen molar-refractivity contribution in [3.63, 3.8) is 0 Å². The summed E-state index contributed by atoms with van der Waals surface area (Å²) in [5.74, 6) is 1.61. The summed E-state index contributed by atoms with van der Waals surface area (Å²) in [5, 5.41) is 10.2. The molecular weight excluding hydrogens is 363 g/mol. The fourth-order valence-corrected chi connectivity index (χ4v) is 7.20. The summed E-state index contributed by atoms with van der Waals surface area (Å²) in [6, 6.07) is 6.43. The summed E-state index contributed by atoms with van der Waals surface area (Å²) >= 11 is 0. The Morgan fingerprint density at radius 3 is 2.52 bits per heavy atom. The van der Waals surface area contributed by atoms with E-state index in [0.717, 1.165) is 56.1 Å². The molecule has 0 saturated heterocycles. The Hall–Kier alpha value is -1.74. The largest absolute Gasteiger partial charge is 0.393 e. The molecule has 29 heavy (non-hydrogen) atoms. The van der Waals surface area contributed by atoms with Gasteiger partial charge in [0.25, 0.3) is 0 Å². The molecule has 3 saturated carbocycles. The number of fused-ring (bicyclic) bond motifs is 5. The number of aliphatic hydroxyl groups is 1. The third-order valence-electron chi connectivity index (χ3n) is 8.93. The molecule has 0 spiro atoms. The predicted octanol–water partition coefficient (Wildman–Crippen LogP) is 5.71.